The molecule has 9 heteroatoms. The number of rotatable bonds is 9. The zero-order valence-corrected chi connectivity index (χ0v) is 25.8. The Balaban J connectivity index is 1.74. The van der Waals surface area contributed by atoms with Crippen LogP contribution in [0.25, 0.3) is 21.5 Å². The van der Waals surface area contributed by atoms with Crippen molar-refractivity contribution in [3.63, 3.8) is 0 Å². The summed E-state index contributed by atoms with van der Waals surface area (Å²) in [7, 11) is -7.92. The highest BCUT2D eigenvalue weighted by Gasteiger charge is 2.24. The quantitative estimate of drug-likeness (QED) is 0.154. The summed E-state index contributed by atoms with van der Waals surface area (Å²) in [5.74, 6) is -0.679. The maximum absolute atomic E-state index is 12.8. The van der Waals surface area contributed by atoms with Crippen molar-refractivity contribution < 1.29 is 30.0 Å². The molecule has 0 saturated carbocycles. The van der Waals surface area contributed by atoms with Gasteiger partial charge in [0.25, 0.3) is 20.2 Å². The fourth-order valence-electron chi connectivity index (χ4n) is 4.39. The summed E-state index contributed by atoms with van der Waals surface area (Å²) in [4.78, 5) is 12.7. The van der Waals surface area contributed by atoms with E-state index >= 15 is 0 Å². The van der Waals surface area contributed by atoms with E-state index in [4.69, 9.17) is 8.37 Å². The van der Waals surface area contributed by atoms with E-state index in [-0.39, 0.29) is 33.8 Å². The molecular formula is C32H36O7S2. The van der Waals surface area contributed by atoms with Gasteiger partial charge in [-0.25, -0.2) is 0 Å². The first-order valence-electron chi connectivity index (χ1n) is 13.3. The smallest absolute Gasteiger partial charge is 0.297 e. The normalized spacial score (nSPS) is 13.2. The summed E-state index contributed by atoms with van der Waals surface area (Å²) in [6.07, 6.45) is 0.845. The summed E-state index contributed by atoms with van der Waals surface area (Å²) in [5, 5.41) is 2.76. The second kappa shape index (κ2) is 11.3. The Morgan fingerprint density at radius 1 is 0.634 bits per heavy atom. The molecule has 0 aliphatic heterocycles. The summed E-state index contributed by atoms with van der Waals surface area (Å²) < 4.78 is 61.8. The largest absolute Gasteiger partial charge is 0.302 e. The van der Waals surface area contributed by atoms with Crippen LogP contribution in [0.15, 0.2) is 82.6 Å². The topological polar surface area (TPSA) is 104 Å². The summed E-state index contributed by atoms with van der Waals surface area (Å²) in [5.41, 5.74) is 0.762. The van der Waals surface area contributed by atoms with Crippen LogP contribution in [0.1, 0.15) is 58.6 Å². The molecule has 4 aromatic rings. The molecule has 0 atom stereocenters. The number of fused-ring (bicyclic) bond motifs is 2. The monoisotopic (exact) mass is 596 g/mol. The van der Waals surface area contributed by atoms with Crippen molar-refractivity contribution >= 4 is 48.1 Å². The van der Waals surface area contributed by atoms with Crippen molar-refractivity contribution in [3.8, 4) is 0 Å². The van der Waals surface area contributed by atoms with Crippen LogP contribution < -0.4 is 0 Å². The Morgan fingerprint density at radius 3 is 1.37 bits per heavy atom. The van der Waals surface area contributed by atoms with Crippen molar-refractivity contribution in [1.29, 1.82) is 0 Å². The van der Waals surface area contributed by atoms with Gasteiger partial charge in [0, 0.05) is 0 Å². The third-order valence-corrected chi connectivity index (χ3v) is 8.97. The highest BCUT2D eigenvalue weighted by Crippen LogP contribution is 2.35. The lowest BCUT2D eigenvalue weighted by molar-refractivity contribution is -0.108. The molecule has 0 amide bonds. The molecule has 0 aliphatic rings. The Hall–Kier alpha value is -3.11. The first-order chi connectivity index (χ1) is 19.0. The Morgan fingerprint density at radius 2 is 1.02 bits per heavy atom. The van der Waals surface area contributed by atoms with E-state index in [1.54, 1.807) is 48.5 Å². The minimum absolute atomic E-state index is 0.0432. The second-order valence-corrected chi connectivity index (χ2v) is 15.9. The Bertz CT molecular complexity index is 1680. The van der Waals surface area contributed by atoms with Gasteiger partial charge in [-0.15, -0.1) is 0 Å². The zero-order chi connectivity index (χ0) is 30.2. The molecule has 4 rings (SSSR count). The number of benzene rings is 4. The molecule has 0 spiro atoms. The van der Waals surface area contributed by atoms with Gasteiger partial charge < -0.3 is 4.79 Å². The molecular weight excluding hydrogens is 560 g/mol. The standard InChI is InChI=1S/C32H36O7S2/c1-31(2,3)20-38-40(34,35)24-13-15-26-22(17-24)9-7-11-28(26)30(19-33)29-12-8-10-23-18-25(14-16-27(23)29)41(36,37)39-21-32(4,5)6/h7-19,30H,20-21H2,1-6H3. The van der Waals surface area contributed by atoms with Crippen LogP contribution in [-0.4, -0.2) is 36.3 Å². The van der Waals surface area contributed by atoms with Gasteiger partial charge in [0.05, 0.1) is 28.9 Å². The lowest BCUT2D eigenvalue weighted by Gasteiger charge is -2.19. The maximum atomic E-state index is 12.8. The molecule has 41 heavy (non-hydrogen) atoms. The molecule has 0 aromatic heterocycles. The molecule has 0 unspecified atom stereocenters. The number of aldehydes is 1. The van der Waals surface area contributed by atoms with Crippen LogP contribution in [0.4, 0.5) is 0 Å². The summed E-state index contributed by atoms with van der Waals surface area (Å²) >= 11 is 0. The predicted molar refractivity (Wildman–Crippen MR) is 161 cm³/mol. The van der Waals surface area contributed by atoms with Gasteiger partial charge >= 0.3 is 0 Å². The van der Waals surface area contributed by atoms with Crippen LogP contribution in [0, 0.1) is 10.8 Å². The summed E-state index contributed by atoms with van der Waals surface area (Å²) in [6, 6.07) is 20.3. The molecule has 0 bridgehead atoms. The molecule has 218 valence electrons. The zero-order valence-electron chi connectivity index (χ0n) is 24.2. The van der Waals surface area contributed by atoms with E-state index in [1.165, 1.54) is 12.1 Å². The highest BCUT2D eigenvalue weighted by molar-refractivity contribution is 7.87. The van der Waals surface area contributed by atoms with Gasteiger partial charge in [-0.2, -0.15) is 16.8 Å². The fourth-order valence-corrected chi connectivity index (χ4v) is 6.69. The first-order valence-corrected chi connectivity index (χ1v) is 16.1. The van der Waals surface area contributed by atoms with Gasteiger partial charge in [0.2, 0.25) is 0 Å². The third kappa shape index (κ3) is 7.22. The third-order valence-electron chi connectivity index (χ3n) is 6.45. The first kappa shape index (κ1) is 30.8. The Kier molecular flexibility index (Phi) is 8.49. The van der Waals surface area contributed by atoms with Gasteiger partial charge in [0.15, 0.2) is 0 Å². The van der Waals surface area contributed by atoms with Crippen LogP contribution >= 0.6 is 0 Å². The minimum atomic E-state index is -3.96. The molecule has 0 radical (unpaired) electrons. The molecule has 0 N–H and O–H groups in total. The average molecular weight is 597 g/mol. The second-order valence-electron chi connectivity index (χ2n) is 12.6. The van der Waals surface area contributed by atoms with E-state index in [1.807, 2.05) is 53.7 Å². The van der Waals surface area contributed by atoms with E-state index in [9.17, 15) is 21.6 Å². The summed E-state index contributed by atoms with van der Waals surface area (Å²) in [6.45, 7) is 11.4. The van der Waals surface area contributed by atoms with Gasteiger partial charge in [0.1, 0.15) is 6.29 Å². The molecule has 0 aliphatic carbocycles. The SMILES string of the molecule is CC(C)(C)COS(=O)(=O)c1ccc2c(C(C=O)c3cccc4cc(S(=O)(=O)OCC(C)(C)C)ccc34)cccc2c1. The van der Waals surface area contributed by atoms with Crippen molar-refractivity contribution in [2.75, 3.05) is 13.2 Å². The van der Waals surface area contributed by atoms with Crippen molar-refractivity contribution in [1.82, 2.24) is 0 Å². The molecule has 7 nitrogen and oxygen atoms in total. The lowest BCUT2D eigenvalue weighted by atomic mass is 9.86. The molecule has 4 aromatic carbocycles. The van der Waals surface area contributed by atoms with E-state index in [0.717, 1.165) is 17.1 Å². The number of hydrogen-bond donors (Lipinski definition) is 0. The molecule has 0 fully saturated rings. The Labute approximate surface area is 242 Å². The molecule has 0 heterocycles. The highest BCUT2D eigenvalue weighted by atomic mass is 32.2. The van der Waals surface area contributed by atoms with Crippen LogP contribution in [0.3, 0.4) is 0 Å². The predicted octanol–water partition coefficient (Wildman–Crippen LogP) is 6.83. The number of hydrogen-bond acceptors (Lipinski definition) is 7. The number of carbonyl (C=O) groups excluding carboxylic acids is 1. The minimum Gasteiger partial charge on any atom is -0.302 e. The fraction of sp³-hybridized carbons (Fsp3) is 0.344. The van der Waals surface area contributed by atoms with Crippen molar-refractivity contribution in [2.45, 2.75) is 57.3 Å². The van der Waals surface area contributed by atoms with E-state index < -0.39 is 26.2 Å². The average Bonchev–Trinajstić information content (AvgIpc) is 2.90. The van der Waals surface area contributed by atoms with Gasteiger partial charge in [-0.05, 0) is 67.8 Å². The van der Waals surface area contributed by atoms with Gasteiger partial charge in [-0.3, -0.25) is 8.37 Å². The van der Waals surface area contributed by atoms with Crippen LogP contribution in [0.2, 0.25) is 0 Å². The lowest BCUT2D eigenvalue weighted by Crippen LogP contribution is -2.18. The van der Waals surface area contributed by atoms with Crippen LogP contribution in [-0.2, 0) is 33.4 Å². The van der Waals surface area contributed by atoms with Crippen molar-refractivity contribution in [2.24, 2.45) is 10.8 Å². The number of carbonyl (C=O) groups is 1. The van der Waals surface area contributed by atoms with Crippen molar-refractivity contribution in [3.05, 3.63) is 83.9 Å². The maximum Gasteiger partial charge on any atom is 0.297 e. The van der Waals surface area contributed by atoms with Gasteiger partial charge in [-0.1, -0.05) is 90.1 Å². The van der Waals surface area contributed by atoms with E-state index in [0.29, 0.717) is 21.9 Å². The molecule has 0 saturated heterocycles. The van der Waals surface area contributed by atoms with Crippen LogP contribution in [0.5, 0.6) is 0 Å². The van der Waals surface area contributed by atoms with E-state index in [2.05, 4.69) is 0 Å².